The van der Waals surface area contributed by atoms with E-state index in [4.69, 9.17) is 4.74 Å². The lowest BCUT2D eigenvalue weighted by Crippen LogP contribution is -2.05. The fraction of sp³-hybridized carbons (Fsp3) is 0.231. The van der Waals surface area contributed by atoms with Crippen LogP contribution < -0.4 is 10.1 Å². The van der Waals surface area contributed by atoms with E-state index in [1.807, 2.05) is 6.92 Å². The Hall–Kier alpha value is -1.21. The van der Waals surface area contributed by atoms with Crippen molar-refractivity contribution in [3.8, 4) is 11.6 Å². The number of halogens is 3. The highest BCUT2D eigenvalue weighted by Gasteiger charge is 2.11. The lowest BCUT2D eigenvalue weighted by atomic mass is 10.3. The van der Waals surface area contributed by atoms with Crippen LogP contribution in [0.2, 0.25) is 0 Å². The first-order chi connectivity index (χ1) is 9.60. The van der Waals surface area contributed by atoms with E-state index in [2.05, 4.69) is 47.1 Å². The van der Waals surface area contributed by atoms with Crippen LogP contribution in [0.15, 0.2) is 33.3 Å². The van der Waals surface area contributed by atoms with Crippen molar-refractivity contribution in [1.82, 2.24) is 9.97 Å². The minimum atomic E-state index is -0.457. The van der Waals surface area contributed by atoms with Gasteiger partial charge in [0.1, 0.15) is 0 Å². The highest BCUT2D eigenvalue weighted by Crippen LogP contribution is 2.31. The van der Waals surface area contributed by atoms with Gasteiger partial charge >= 0.3 is 0 Å². The summed E-state index contributed by atoms with van der Waals surface area (Å²) in [7, 11) is 0. The van der Waals surface area contributed by atoms with Crippen LogP contribution in [0, 0.1) is 5.82 Å². The molecule has 0 amide bonds. The van der Waals surface area contributed by atoms with E-state index in [0.717, 1.165) is 17.4 Å². The van der Waals surface area contributed by atoms with Gasteiger partial charge in [-0.05, 0) is 40.5 Å². The zero-order chi connectivity index (χ0) is 14.5. The number of nitrogens with one attached hydrogen (secondary N) is 1. The van der Waals surface area contributed by atoms with Crippen molar-refractivity contribution in [3.63, 3.8) is 0 Å². The molecular formula is C13H12Br2FN3O. The second-order valence-corrected chi connectivity index (χ2v) is 5.72. The molecule has 2 aromatic rings. The van der Waals surface area contributed by atoms with Gasteiger partial charge in [-0.2, -0.15) is 4.98 Å². The van der Waals surface area contributed by atoms with Gasteiger partial charge in [-0.25, -0.2) is 9.37 Å². The molecule has 0 aliphatic heterocycles. The average Bonchev–Trinajstić information content (AvgIpc) is 2.43. The molecule has 0 spiro atoms. The molecule has 0 aliphatic rings. The highest BCUT2D eigenvalue weighted by molar-refractivity contribution is 9.10. The van der Waals surface area contributed by atoms with Crippen LogP contribution in [0.25, 0.3) is 0 Å². The Labute approximate surface area is 133 Å². The van der Waals surface area contributed by atoms with Crippen LogP contribution >= 0.6 is 31.9 Å². The highest BCUT2D eigenvalue weighted by atomic mass is 79.9. The van der Waals surface area contributed by atoms with Crippen molar-refractivity contribution in [3.05, 3.63) is 39.2 Å². The standard InChI is InChI=1S/C13H12Br2FN3O/c1-2-5-17-13-18-7-9(15)12(19-13)20-11-6-8(14)3-4-10(11)16/h3-4,6-7H,2,5H2,1H3,(H,17,18,19). The Morgan fingerprint density at radius 2 is 2.15 bits per heavy atom. The predicted octanol–water partition coefficient (Wildman–Crippen LogP) is 4.75. The maximum atomic E-state index is 13.7. The zero-order valence-corrected chi connectivity index (χ0v) is 13.8. The molecule has 0 radical (unpaired) electrons. The third-order valence-corrected chi connectivity index (χ3v) is 3.38. The summed E-state index contributed by atoms with van der Waals surface area (Å²) in [4.78, 5) is 8.31. The molecule has 1 aromatic heterocycles. The van der Waals surface area contributed by atoms with E-state index in [1.54, 1.807) is 18.3 Å². The number of nitrogens with zero attached hydrogens (tertiary/aromatic N) is 2. The van der Waals surface area contributed by atoms with E-state index in [0.29, 0.717) is 10.4 Å². The molecule has 0 saturated heterocycles. The Morgan fingerprint density at radius 1 is 1.35 bits per heavy atom. The van der Waals surface area contributed by atoms with E-state index in [-0.39, 0.29) is 11.6 Å². The summed E-state index contributed by atoms with van der Waals surface area (Å²) in [5.74, 6) is 0.345. The van der Waals surface area contributed by atoms with Crippen molar-refractivity contribution in [2.45, 2.75) is 13.3 Å². The maximum absolute atomic E-state index is 13.7. The second kappa shape index (κ2) is 6.99. The summed E-state index contributed by atoms with van der Waals surface area (Å²) < 4.78 is 20.4. The molecular weight excluding hydrogens is 393 g/mol. The van der Waals surface area contributed by atoms with E-state index in [9.17, 15) is 4.39 Å². The number of hydrogen-bond donors (Lipinski definition) is 1. The quantitative estimate of drug-likeness (QED) is 0.780. The van der Waals surface area contributed by atoms with Gasteiger partial charge in [0.05, 0.1) is 10.7 Å². The van der Waals surface area contributed by atoms with Crippen molar-refractivity contribution in [2.24, 2.45) is 0 Å². The average molecular weight is 405 g/mol. The summed E-state index contributed by atoms with van der Waals surface area (Å²) in [6.07, 6.45) is 2.52. The van der Waals surface area contributed by atoms with Crippen LogP contribution in [0.4, 0.5) is 10.3 Å². The third-order valence-electron chi connectivity index (χ3n) is 2.34. The SMILES string of the molecule is CCCNc1ncc(Br)c(Oc2cc(Br)ccc2F)n1. The molecule has 20 heavy (non-hydrogen) atoms. The van der Waals surface area contributed by atoms with Gasteiger partial charge in [0.25, 0.3) is 0 Å². The zero-order valence-electron chi connectivity index (χ0n) is 10.7. The molecule has 1 heterocycles. The monoisotopic (exact) mass is 403 g/mol. The van der Waals surface area contributed by atoms with E-state index < -0.39 is 5.82 Å². The Morgan fingerprint density at radius 3 is 2.90 bits per heavy atom. The van der Waals surface area contributed by atoms with Crippen molar-refractivity contribution in [2.75, 3.05) is 11.9 Å². The Balaban J connectivity index is 2.25. The number of anilines is 1. The van der Waals surface area contributed by atoms with Crippen LogP contribution in [-0.2, 0) is 0 Å². The summed E-state index contributed by atoms with van der Waals surface area (Å²) in [6, 6.07) is 4.47. The van der Waals surface area contributed by atoms with Crippen molar-refractivity contribution >= 4 is 37.8 Å². The minimum absolute atomic E-state index is 0.0974. The topological polar surface area (TPSA) is 47.0 Å². The molecule has 0 fully saturated rings. The van der Waals surface area contributed by atoms with Gasteiger partial charge < -0.3 is 10.1 Å². The summed E-state index contributed by atoms with van der Waals surface area (Å²) >= 11 is 6.56. The second-order valence-electron chi connectivity index (χ2n) is 3.95. The van der Waals surface area contributed by atoms with Crippen LogP contribution in [-0.4, -0.2) is 16.5 Å². The first-order valence-corrected chi connectivity index (χ1v) is 7.58. The van der Waals surface area contributed by atoms with Gasteiger partial charge in [0, 0.05) is 11.0 Å². The van der Waals surface area contributed by atoms with E-state index in [1.165, 1.54) is 6.07 Å². The first kappa shape index (κ1) is 15.2. The molecule has 2 rings (SSSR count). The minimum Gasteiger partial charge on any atom is -0.435 e. The van der Waals surface area contributed by atoms with Crippen LogP contribution in [0.3, 0.4) is 0 Å². The molecule has 106 valence electrons. The lowest BCUT2D eigenvalue weighted by Gasteiger charge is -2.09. The van der Waals surface area contributed by atoms with Crippen LogP contribution in [0.5, 0.6) is 11.6 Å². The molecule has 1 N–H and O–H groups in total. The van der Waals surface area contributed by atoms with Crippen molar-refractivity contribution in [1.29, 1.82) is 0 Å². The molecule has 1 aromatic carbocycles. The smallest absolute Gasteiger partial charge is 0.238 e. The molecule has 0 unspecified atom stereocenters. The normalized spacial score (nSPS) is 10.4. The van der Waals surface area contributed by atoms with Gasteiger partial charge in [-0.15, -0.1) is 0 Å². The van der Waals surface area contributed by atoms with E-state index >= 15 is 0 Å². The summed E-state index contributed by atoms with van der Waals surface area (Å²) in [5.41, 5.74) is 0. The van der Waals surface area contributed by atoms with Gasteiger partial charge in [0.15, 0.2) is 11.6 Å². The van der Waals surface area contributed by atoms with Crippen LogP contribution in [0.1, 0.15) is 13.3 Å². The third kappa shape index (κ3) is 3.89. The number of benzene rings is 1. The molecule has 0 saturated carbocycles. The number of aromatic nitrogens is 2. The molecule has 0 aliphatic carbocycles. The maximum Gasteiger partial charge on any atom is 0.238 e. The fourth-order valence-electron chi connectivity index (χ4n) is 1.40. The Kier molecular flexibility index (Phi) is 5.31. The Bertz CT molecular complexity index is 610. The van der Waals surface area contributed by atoms with Gasteiger partial charge in [-0.1, -0.05) is 22.9 Å². The first-order valence-electron chi connectivity index (χ1n) is 5.99. The molecule has 4 nitrogen and oxygen atoms in total. The summed E-state index contributed by atoms with van der Waals surface area (Å²) in [6.45, 7) is 2.80. The fourth-order valence-corrected chi connectivity index (χ4v) is 2.02. The molecule has 0 bridgehead atoms. The lowest BCUT2D eigenvalue weighted by molar-refractivity contribution is 0.424. The van der Waals surface area contributed by atoms with Crippen molar-refractivity contribution < 1.29 is 9.13 Å². The largest absolute Gasteiger partial charge is 0.435 e. The number of ether oxygens (including phenoxy) is 1. The molecule has 0 atom stereocenters. The van der Waals surface area contributed by atoms with Gasteiger partial charge in [-0.3, -0.25) is 0 Å². The molecule has 7 heteroatoms. The number of hydrogen-bond acceptors (Lipinski definition) is 4. The number of rotatable bonds is 5. The predicted molar refractivity (Wildman–Crippen MR) is 82.7 cm³/mol. The summed E-state index contributed by atoms with van der Waals surface area (Å²) in [5, 5.41) is 3.05. The van der Waals surface area contributed by atoms with Gasteiger partial charge in [0.2, 0.25) is 11.8 Å².